The molecule has 0 atom stereocenters. The number of thiophene rings is 1. The lowest BCUT2D eigenvalue weighted by molar-refractivity contribution is -0.132. The van der Waals surface area contributed by atoms with Crippen LogP contribution in [0.25, 0.3) is 10.2 Å². The number of hydrogen-bond donors (Lipinski definition) is 1. The highest BCUT2D eigenvalue weighted by Crippen LogP contribution is 2.28. The van der Waals surface area contributed by atoms with E-state index in [1.807, 2.05) is 45.9 Å². The Morgan fingerprint density at radius 3 is 2.44 bits per heavy atom. The lowest BCUT2D eigenvalue weighted by atomic mass is 10.1. The molecule has 0 aliphatic rings. The Labute approximate surface area is 192 Å². The molecule has 0 spiro atoms. The second kappa shape index (κ2) is 10.1. The largest absolute Gasteiger partial charge is 0.341 e. The Hall–Kier alpha value is -3.00. The fraction of sp³-hybridized carbons (Fsp3) is 0.417. The van der Waals surface area contributed by atoms with Crippen molar-refractivity contribution in [3.05, 3.63) is 56.4 Å². The van der Waals surface area contributed by atoms with Gasteiger partial charge in [-0.3, -0.25) is 19.0 Å². The number of nitrogens with zero attached hydrogens (tertiary/aromatic N) is 3. The summed E-state index contributed by atoms with van der Waals surface area (Å²) in [7, 11) is 0. The van der Waals surface area contributed by atoms with Gasteiger partial charge in [0.05, 0.1) is 16.6 Å². The summed E-state index contributed by atoms with van der Waals surface area (Å²) in [5.41, 5.74) is 3.12. The highest BCUT2D eigenvalue weighted by atomic mass is 32.1. The Balaban J connectivity index is 1.90. The van der Waals surface area contributed by atoms with Gasteiger partial charge in [0.15, 0.2) is 0 Å². The molecule has 32 heavy (non-hydrogen) atoms. The summed E-state index contributed by atoms with van der Waals surface area (Å²) in [6, 6.07) is 5.82. The molecule has 1 aromatic carbocycles. The molecule has 0 aliphatic heterocycles. The van der Waals surface area contributed by atoms with E-state index in [2.05, 4.69) is 10.3 Å². The SMILES string of the molecule is CCCN(CCC)C(=O)Cn1cnc2sc(C(=O)Nc3ccc(C)cc3C)c(C)c2c1=O. The summed E-state index contributed by atoms with van der Waals surface area (Å²) in [4.78, 5) is 45.9. The summed E-state index contributed by atoms with van der Waals surface area (Å²) in [5.74, 6) is -0.366. The Morgan fingerprint density at radius 2 is 1.81 bits per heavy atom. The van der Waals surface area contributed by atoms with E-state index in [0.717, 1.165) is 29.7 Å². The number of anilines is 1. The number of nitrogens with one attached hydrogen (secondary N) is 1. The van der Waals surface area contributed by atoms with Crippen molar-refractivity contribution >= 4 is 39.1 Å². The molecule has 8 heteroatoms. The molecule has 0 saturated heterocycles. The second-order valence-electron chi connectivity index (χ2n) is 8.07. The fourth-order valence-electron chi connectivity index (χ4n) is 3.77. The Bertz CT molecular complexity index is 1210. The number of fused-ring (bicyclic) bond motifs is 1. The van der Waals surface area contributed by atoms with Crippen molar-refractivity contribution in [2.75, 3.05) is 18.4 Å². The fourth-order valence-corrected chi connectivity index (χ4v) is 4.80. The van der Waals surface area contributed by atoms with Gasteiger partial charge in [0, 0.05) is 18.8 Å². The summed E-state index contributed by atoms with van der Waals surface area (Å²) in [6.07, 6.45) is 3.13. The van der Waals surface area contributed by atoms with Gasteiger partial charge in [-0.1, -0.05) is 31.5 Å². The van der Waals surface area contributed by atoms with E-state index in [0.29, 0.717) is 33.7 Å². The van der Waals surface area contributed by atoms with Crippen LogP contribution in [0.4, 0.5) is 5.69 Å². The predicted octanol–water partition coefficient (Wildman–Crippen LogP) is 4.28. The van der Waals surface area contributed by atoms with Crippen molar-refractivity contribution in [2.45, 2.75) is 54.0 Å². The lowest BCUT2D eigenvalue weighted by Gasteiger charge is -2.21. The molecule has 2 heterocycles. The Morgan fingerprint density at radius 1 is 1.12 bits per heavy atom. The highest BCUT2D eigenvalue weighted by molar-refractivity contribution is 7.20. The number of hydrogen-bond acceptors (Lipinski definition) is 5. The zero-order valence-electron chi connectivity index (χ0n) is 19.3. The number of aryl methyl sites for hydroxylation is 3. The van der Waals surface area contributed by atoms with Crippen LogP contribution < -0.4 is 10.9 Å². The predicted molar refractivity (Wildman–Crippen MR) is 130 cm³/mol. The van der Waals surface area contributed by atoms with Crippen LogP contribution in [0.2, 0.25) is 0 Å². The van der Waals surface area contributed by atoms with Gasteiger partial charge in [-0.25, -0.2) is 4.98 Å². The maximum absolute atomic E-state index is 13.1. The van der Waals surface area contributed by atoms with Crippen LogP contribution in [0.15, 0.2) is 29.3 Å². The van der Waals surface area contributed by atoms with Crippen LogP contribution in [0.1, 0.15) is 53.1 Å². The van der Waals surface area contributed by atoms with E-state index in [9.17, 15) is 14.4 Å². The average Bonchev–Trinajstić information content (AvgIpc) is 3.09. The normalized spacial score (nSPS) is 11.0. The van der Waals surface area contributed by atoms with Crippen molar-refractivity contribution < 1.29 is 9.59 Å². The first-order valence-electron chi connectivity index (χ1n) is 10.9. The topological polar surface area (TPSA) is 84.3 Å². The smallest absolute Gasteiger partial charge is 0.266 e. The van der Waals surface area contributed by atoms with Crippen LogP contribution in [0.3, 0.4) is 0 Å². The maximum Gasteiger partial charge on any atom is 0.266 e. The summed E-state index contributed by atoms with van der Waals surface area (Å²) >= 11 is 1.19. The molecule has 0 bridgehead atoms. The van der Waals surface area contributed by atoms with E-state index < -0.39 is 0 Å². The highest BCUT2D eigenvalue weighted by Gasteiger charge is 2.21. The molecule has 1 N–H and O–H groups in total. The van der Waals surface area contributed by atoms with Crippen LogP contribution in [0, 0.1) is 20.8 Å². The molecule has 0 aliphatic carbocycles. The number of rotatable bonds is 8. The number of aromatic nitrogens is 2. The number of benzene rings is 1. The number of amides is 2. The quantitative estimate of drug-likeness (QED) is 0.550. The number of carbonyl (C=O) groups excluding carboxylic acids is 2. The molecule has 0 saturated carbocycles. The molecule has 2 aromatic heterocycles. The first-order valence-corrected chi connectivity index (χ1v) is 11.7. The zero-order valence-corrected chi connectivity index (χ0v) is 20.1. The van der Waals surface area contributed by atoms with Crippen molar-refractivity contribution in [3.8, 4) is 0 Å². The summed E-state index contributed by atoms with van der Waals surface area (Å²) in [5, 5.41) is 3.34. The van der Waals surface area contributed by atoms with Gasteiger partial charge >= 0.3 is 0 Å². The summed E-state index contributed by atoms with van der Waals surface area (Å²) in [6.45, 7) is 11.0. The van der Waals surface area contributed by atoms with E-state index in [1.54, 1.807) is 11.8 Å². The third kappa shape index (κ3) is 4.91. The monoisotopic (exact) mass is 454 g/mol. The van der Waals surface area contributed by atoms with Gasteiger partial charge in [0.25, 0.3) is 11.5 Å². The standard InChI is InChI=1S/C24H30N4O3S/c1-6-10-27(11-7-2)19(29)13-28-14-25-23-20(24(28)31)17(5)21(32-23)22(30)26-18-9-8-15(3)12-16(18)4/h8-9,12,14H,6-7,10-11,13H2,1-5H3,(H,26,30). The zero-order chi connectivity index (χ0) is 23.4. The first-order chi connectivity index (χ1) is 15.3. The molecule has 170 valence electrons. The minimum Gasteiger partial charge on any atom is -0.341 e. The third-order valence-electron chi connectivity index (χ3n) is 5.40. The third-order valence-corrected chi connectivity index (χ3v) is 6.60. The summed E-state index contributed by atoms with van der Waals surface area (Å²) < 4.78 is 1.34. The molecule has 0 unspecified atom stereocenters. The lowest BCUT2D eigenvalue weighted by Crippen LogP contribution is -2.37. The van der Waals surface area contributed by atoms with Crippen LogP contribution >= 0.6 is 11.3 Å². The molecular weight excluding hydrogens is 424 g/mol. The van der Waals surface area contributed by atoms with Crippen molar-refractivity contribution in [3.63, 3.8) is 0 Å². The van der Waals surface area contributed by atoms with Crippen LogP contribution in [-0.2, 0) is 11.3 Å². The second-order valence-corrected chi connectivity index (χ2v) is 9.07. The molecule has 2 amide bonds. The van der Waals surface area contributed by atoms with Gasteiger partial charge < -0.3 is 10.2 Å². The van der Waals surface area contributed by atoms with Gasteiger partial charge in [-0.05, 0) is 50.8 Å². The minimum absolute atomic E-state index is 0.0544. The van der Waals surface area contributed by atoms with E-state index in [4.69, 9.17) is 0 Å². The van der Waals surface area contributed by atoms with Gasteiger partial charge in [0.1, 0.15) is 11.4 Å². The average molecular weight is 455 g/mol. The molecule has 0 radical (unpaired) electrons. The van der Waals surface area contributed by atoms with Crippen molar-refractivity contribution in [1.29, 1.82) is 0 Å². The van der Waals surface area contributed by atoms with E-state index in [1.165, 1.54) is 22.2 Å². The van der Waals surface area contributed by atoms with Gasteiger partial charge in [0.2, 0.25) is 5.91 Å². The van der Waals surface area contributed by atoms with E-state index in [-0.39, 0.29) is 23.9 Å². The van der Waals surface area contributed by atoms with Crippen LogP contribution in [-0.4, -0.2) is 39.4 Å². The molecule has 7 nitrogen and oxygen atoms in total. The molecule has 0 fully saturated rings. The molecular formula is C24H30N4O3S. The number of carbonyl (C=O) groups is 2. The maximum atomic E-state index is 13.1. The molecule has 3 aromatic rings. The van der Waals surface area contributed by atoms with Crippen LogP contribution in [0.5, 0.6) is 0 Å². The van der Waals surface area contributed by atoms with Crippen molar-refractivity contribution in [2.24, 2.45) is 0 Å². The van der Waals surface area contributed by atoms with Gasteiger partial charge in [-0.15, -0.1) is 11.3 Å². The molecule has 3 rings (SSSR count). The minimum atomic E-state index is -0.296. The first kappa shape index (κ1) is 23.7. The van der Waals surface area contributed by atoms with Gasteiger partial charge in [-0.2, -0.15) is 0 Å². The van der Waals surface area contributed by atoms with E-state index >= 15 is 0 Å². The Kier molecular flexibility index (Phi) is 7.45. The van der Waals surface area contributed by atoms with Crippen molar-refractivity contribution in [1.82, 2.24) is 14.5 Å².